The Labute approximate surface area is 131 Å². The number of alkyl halides is 7. The summed E-state index contributed by atoms with van der Waals surface area (Å²) in [6.45, 7) is 1.40. The minimum atomic E-state index is -5.28. The number of halogens is 7. The molecule has 4 nitrogen and oxygen atoms in total. The zero-order chi connectivity index (χ0) is 17.8. The van der Waals surface area contributed by atoms with Crippen molar-refractivity contribution in [1.29, 1.82) is 0 Å². The molecule has 0 aliphatic rings. The van der Waals surface area contributed by atoms with Crippen molar-refractivity contribution in [3.8, 4) is 5.75 Å². The van der Waals surface area contributed by atoms with Crippen molar-refractivity contribution in [1.82, 2.24) is 4.98 Å². The van der Waals surface area contributed by atoms with E-state index >= 15 is 0 Å². The monoisotopic (exact) mass is 365 g/mol. The number of carbonyl (C=O) groups excluding carboxylic acids is 1. The molecule has 0 saturated heterocycles. The van der Waals surface area contributed by atoms with Crippen LogP contribution in [0.4, 0.5) is 26.3 Å². The molecule has 0 saturated carbocycles. The summed E-state index contributed by atoms with van der Waals surface area (Å²) in [5, 5.41) is 0. The van der Waals surface area contributed by atoms with E-state index in [1.807, 2.05) is 0 Å². The molecule has 23 heavy (non-hydrogen) atoms. The fraction of sp³-hybridized carbons (Fsp3) is 0.500. The van der Waals surface area contributed by atoms with Crippen molar-refractivity contribution in [3.05, 3.63) is 23.0 Å². The summed E-state index contributed by atoms with van der Waals surface area (Å²) < 4.78 is 84.0. The third-order valence-electron chi connectivity index (χ3n) is 2.48. The fourth-order valence-electron chi connectivity index (χ4n) is 1.66. The lowest BCUT2D eigenvalue weighted by atomic mass is 10.1. The molecule has 0 bridgehead atoms. The summed E-state index contributed by atoms with van der Waals surface area (Å²) in [7, 11) is 0. The molecule has 0 unspecified atom stereocenters. The van der Waals surface area contributed by atoms with Gasteiger partial charge in [-0.1, -0.05) is 0 Å². The van der Waals surface area contributed by atoms with Crippen molar-refractivity contribution >= 4 is 17.6 Å². The molecule has 0 amide bonds. The molecule has 0 N–H and O–H groups in total. The first kappa shape index (κ1) is 19.3. The topological polar surface area (TPSA) is 48.4 Å². The number of hydrogen-bond acceptors (Lipinski definition) is 4. The van der Waals surface area contributed by atoms with E-state index in [0.717, 1.165) is 0 Å². The van der Waals surface area contributed by atoms with Gasteiger partial charge in [-0.3, -0.25) is 9.78 Å². The molecule has 1 heterocycles. The normalized spacial score (nSPS) is 12.2. The van der Waals surface area contributed by atoms with E-state index in [0.29, 0.717) is 6.20 Å². The smallest absolute Gasteiger partial charge is 0.466 e. The van der Waals surface area contributed by atoms with E-state index in [4.69, 9.17) is 11.6 Å². The van der Waals surface area contributed by atoms with Gasteiger partial charge in [-0.05, 0) is 6.92 Å². The number of nitrogens with zero attached hydrogens (tertiary/aromatic N) is 1. The van der Waals surface area contributed by atoms with Crippen LogP contribution in [0.25, 0.3) is 0 Å². The second-order valence-electron chi connectivity index (χ2n) is 4.09. The van der Waals surface area contributed by atoms with E-state index < -0.39 is 53.4 Å². The standard InChI is InChI=1S/C12H10ClF6NO3/c1-2-22-9(21)3-8-10(23-12(17,18)19)6(4-13)7(5-20-8)11(14,15)16/h5H,2-4H2,1H3. The quantitative estimate of drug-likeness (QED) is 0.452. The highest BCUT2D eigenvalue weighted by molar-refractivity contribution is 6.17. The van der Waals surface area contributed by atoms with Gasteiger partial charge < -0.3 is 9.47 Å². The summed E-state index contributed by atoms with van der Waals surface area (Å²) >= 11 is 5.35. The SMILES string of the molecule is CCOC(=O)Cc1ncc(C(F)(F)F)c(CCl)c1OC(F)(F)F. The van der Waals surface area contributed by atoms with Crippen molar-refractivity contribution in [2.75, 3.05) is 6.61 Å². The molecule has 1 aromatic heterocycles. The van der Waals surface area contributed by atoms with Crippen molar-refractivity contribution in [3.63, 3.8) is 0 Å². The maximum atomic E-state index is 12.8. The lowest BCUT2D eigenvalue weighted by Crippen LogP contribution is -2.22. The molecule has 130 valence electrons. The Kier molecular flexibility index (Phi) is 6.09. The number of rotatable bonds is 5. The summed E-state index contributed by atoms with van der Waals surface area (Å²) in [5.74, 6) is -3.12. The van der Waals surface area contributed by atoms with Crippen LogP contribution in [0, 0.1) is 0 Å². The van der Waals surface area contributed by atoms with Crippen LogP contribution < -0.4 is 4.74 Å². The number of esters is 1. The van der Waals surface area contributed by atoms with Crippen molar-refractivity contribution in [2.24, 2.45) is 0 Å². The Morgan fingerprint density at radius 2 is 1.87 bits per heavy atom. The van der Waals surface area contributed by atoms with Gasteiger partial charge in [0.25, 0.3) is 0 Å². The van der Waals surface area contributed by atoms with Crippen LogP contribution in [0.5, 0.6) is 5.75 Å². The summed E-state index contributed by atoms with van der Waals surface area (Å²) in [4.78, 5) is 14.6. The first-order chi connectivity index (χ1) is 10.5. The molecule has 0 fully saturated rings. The highest BCUT2D eigenvalue weighted by Gasteiger charge is 2.39. The molecular formula is C12H10ClF6NO3. The molecule has 1 rings (SSSR count). The van der Waals surface area contributed by atoms with Gasteiger partial charge in [0, 0.05) is 11.8 Å². The van der Waals surface area contributed by atoms with Crippen LogP contribution in [0.3, 0.4) is 0 Å². The predicted molar refractivity (Wildman–Crippen MR) is 65.8 cm³/mol. The van der Waals surface area contributed by atoms with E-state index in [1.165, 1.54) is 6.92 Å². The van der Waals surface area contributed by atoms with Crippen LogP contribution in [0.15, 0.2) is 6.20 Å². The van der Waals surface area contributed by atoms with Crippen LogP contribution >= 0.6 is 11.6 Å². The first-order valence-corrected chi connectivity index (χ1v) is 6.58. The molecule has 11 heteroatoms. The van der Waals surface area contributed by atoms with E-state index in [1.54, 1.807) is 0 Å². The molecule has 0 aromatic carbocycles. The van der Waals surface area contributed by atoms with Crippen LogP contribution in [0.1, 0.15) is 23.7 Å². The Bertz CT molecular complexity index is 573. The number of carbonyl (C=O) groups is 1. The Morgan fingerprint density at radius 1 is 1.26 bits per heavy atom. The number of hydrogen-bond donors (Lipinski definition) is 0. The van der Waals surface area contributed by atoms with Gasteiger partial charge in [0.1, 0.15) is 0 Å². The Balaban J connectivity index is 3.43. The third-order valence-corrected chi connectivity index (χ3v) is 2.75. The fourth-order valence-corrected chi connectivity index (χ4v) is 1.93. The second kappa shape index (κ2) is 7.24. The summed E-state index contributed by atoms with van der Waals surface area (Å²) in [5.41, 5.74) is -3.07. The van der Waals surface area contributed by atoms with Crippen LogP contribution in [0.2, 0.25) is 0 Å². The Morgan fingerprint density at radius 3 is 2.30 bits per heavy atom. The number of ether oxygens (including phenoxy) is 2. The van der Waals surface area contributed by atoms with Gasteiger partial charge in [-0.25, -0.2) is 0 Å². The van der Waals surface area contributed by atoms with E-state index in [9.17, 15) is 31.1 Å². The van der Waals surface area contributed by atoms with Crippen molar-refractivity contribution in [2.45, 2.75) is 31.8 Å². The summed E-state index contributed by atoms with van der Waals surface area (Å²) in [6.07, 6.45) is -10.8. The lowest BCUT2D eigenvalue weighted by Gasteiger charge is -2.19. The zero-order valence-corrected chi connectivity index (χ0v) is 12.3. The van der Waals surface area contributed by atoms with Gasteiger partial charge in [-0.15, -0.1) is 24.8 Å². The van der Waals surface area contributed by atoms with E-state index in [-0.39, 0.29) is 6.61 Å². The minimum Gasteiger partial charge on any atom is -0.466 e. The van der Waals surface area contributed by atoms with Gasteiger partial charge >= 0.3 is 18.5 Å². The lowest BCUT2D eigenvalue weighted by molar-refractivity contribution is -0.275. The molecule has 0 aliphatic heterocycles. The van der Waals surface area contributed by atoms with Crippen LogP contribution in [-0.4, -0.2) is 23.9 Å². The first-order valence-electron chi connectivity index (χ1n) is 6.04. The third kappa shape index (κ3) is 5.45. The molecule has 0 aliphatic carbocycles. The maximum Gasteiger partial charge on any atom is 0.573 e. The van der Waals surface area contributed by atoms with Crippen LogP contribution in [-0.2, 0) is 28.0 Å². The Hall–Kier alpha value is -1.71. The molecule has 1 aromatic rings. The second-order valence-corrected chi connectivity index (χ2v) is 4.35. The van der Waals surface area contributed by atoms with E-state index in [2.05, 4.69) is 14.5 Å². The number of pyridine rings is 1. The molecule has 0 atom stereocenters. The summed E-state index contributed by atoms with van der Waals surface area (Å²) in [6, 6.07) is 0. The van der Waals surface area contributed by atoms with Gasteiger partial charge in [0.15, 0.2) is 5.75 Å². The highest BCUT2D eigenvalue weighted by atomic mass is 35.5. The molecular weight excluding hydrogens is 356 g/mol. The largest absolute Gasteiger partial charge is 0.573 e. The van der Waals surface area contributed by atoms with Gasteiger partial charge in [0.2, 0.25) is 0 Å². The van der Waals surface area contributed by atoms with Gasteiger partial charge in [0.05, 0.1) is 30.2 Å². The number of aromatic nitrogens is 1. The van der Waals surface area contributed by atoms with Crippen molar-refractivity contribution < 1.29 is 40.6 Å². The highest BCUT2D eigenvalue weighted by Crippen LogP contribution is 2.39. The van der Waals surface area contributed by atoms with Gasteiger partial charge in [-0.2, -0.15) is 13.2 Å². The predicted octanol–water partition coefficient (Wildman–Crippen LogP) is 3.84. The maximum absolute atomic E-state index is 12.8. The average Bonchev–Trinajstić information content (AvgIpc) is 2.37. The zero-order valence-electron chi connectivity index (χ0n) is 11.5. The molecule has 0 spiro atoms. The molecule has 0 radical (unpaired) electrons. The minimum absolute atomic E-state index is 0.0582. The average molecular weight is 366 g/mol.